The predicted molar refractivity (Wildman–Crippen MR) is 108 cm³/mol. The van der Waals surface area contributed by atoms with Gasteiger partial charge >= 0.3 is 17.9 Å². The zero-order valence-corrected chi connectivity index (χ0v) is 18.7. The second-order valence-corrected chi connectivity index (χ2v) is 9.05. The number of carbonyl (C=O) groups is 3. The highest BCUT2D eigenvalue weighted by Gasteiger charge is 2.51. The largest absolute Gasteiger partial charge is 0.463 e. The first kappa shape index (κ1) is 25.1. The van der Waals surface area contributed by atoms with Crippen LogP contribution in [0.4, 0.5) is 0 Å². The average molecular weight is 478 g/mol. The predicted octanol–water partition coefficient (Wildman–Crippen LogP) is 0.865. The number of esters is 3. The Bertz CT molecular complexity index is 893. The molecule has 31 heavy (non-hydrogen) atoms. The Morgan fingerprint density at radius 3 is 2.13 bits per heavy atom. The van der Waals surface area contributed by atoms with Crippen LogP contribution in [0.15, 0.2) is 30.3 Å². The quantitative estimate of drug-likeness (QED) is 0.328. The van der Waals surface area contributed by atoms with Crippen LogP contribution in [0.3, 0.4) is 0 Å². The van der Waals surface area contributed by atoms with E-state index in [4.69, 9.17) is 30.5 Å². The molecule has 0 radical (unpaired) electrons. The van der Waals surface area contributed by atoms with E-state index >= 15 is 0 Å². The molecule has 0 spiro atoms. The summed E-state index contributed by atoms with van der Waals surface area (Å²) in [5.74, 6) is -2.48. The average Bonchev–Trinajstić information content (AvgIpc) is 2.65. The SMILES string of the molecule is CC(=O)OC[C@@H]1O[C@@H](Cl)[C@@H](NS(=O)(=O)Cc2ccccc2)[C@@H](OC(C)=O)[C@H]1OC(C)=O. The zero-order valence-electron chi connectivity index (χ0n) is 17.1. The molecule has 5 atom stereocenters. The van der Waals surface area contributed by atoms with Gasteiger partial charge < -0.3 is 18.9 Å². The first-order valence-electron chi connectivity index (χ1n) is 9.30. The summed E-state index contributed by atoms with van der Waals surface area (Å²) in [7, 11) is -3.96. The van der Waals surface area contributed by atoms with Crippen molar-refractivity contribution < 1.29 is 41.7 Å². The highest BCUT2D eigenvalue weighted by atomic mass is 35.5. The lowest BCUT2D eigenvalue weighted by Crippen LogP contribution is -2.65. The van der Waals surface area contributed by atoms with Crippen LogP contribution in [-0.4, -0.2) is 62.8 Å². The third-order valence-corrected chi connectivity index (χ3v) is 5.92. The number of ether oxygens (including phenoxy) is 4. The van der Waals surface area contributed by atoms with Gasteiger partial charge in [0.1, 0.15) is 18.8 Å². The van der Waals surface area contributed by atoms with Crippen molar-refractivity contribution in [1.29, 1.82) is 0 Å². The standard InChI is InChI=1S/C19H24ClNO9S/c1-11(22)27-9-15-17(28-12(2)23)18(29-13(3)24)16(19(20)30-15)21-31(25,26)10-14-7-5-4-6-8-14/h4-8,15-19,21H,9-10H2,1-3H3/t15-,16-,17-,18+,19+/m0/s1. The van der Waals surface area contributed by atoms with Crippen molar-refractivity contribution in [3.8, 4) is 0 Å². The third kappa shape index (κ3) is 7.76. The van der Waals surface area contributed by atoms with E-state index < -0.39 is 57.8 Å². The van der Waals surface area contributed by atoms with Crippen molar-refractivity contribution in [1.82, 2.24) is 4.72 Å². The van der Waals surface area contributed by atoms with Crippen LogP contribution in [0.5, 0.6) is 0 Å². The molecular formula is C19H24ClNO9S. The maximum Gasteiger partial charge on any atom is 0.303 e. The monoisotopic (exact) mass is 477 g/mol. The summed E-state index contributed by atoms with van der Waals surface area (Å²) in [4.78, 5) is 34.5. The van der Waals surface area contributed by atoms with Gasteiger partial charge in [-0.2, -0.15) is 0 Å². The second-order valence-electron chi connectivity index (χ2n) is 6.86. The van der Waals surface area contributed by atoms with Gasteiger partial charge in [0.25, 0.3) is 0 Å². The van der Waals surface area contributed by atoms with Crippen molar-refractivity contribution in [2.45, 2.75) is 56.4 Å². The lowest BCUT2D eigenvalue weighted by molar-refractivity contribution is -0.211. The minimum atomic E-state index is -3.96. The molecule has 0 bridgehead atoms. The maximum atomic E-state index is 12.7. The number of sulfonamides is 1. The Kier molecular flexibility index (Phi) is 8.80. The molecule has 1 aliphatic heterocycles. The minimum absolute atomic E-state index is 0.349. The molecule has 1 aromatic carbocycles. The van der Waals surface area contributed by atoms with Gasteiger partial charge in [-0.15, -0.1) is 0 Å². The van der Waals surface area contributed by atoms with Crippen LogP contribution < -0.4 is 4.72 Å². The van der Waals surface area contributed by atoms with E-state index in [1.807, 2.05) is 0 Å². The molecule has 0 amide bonds. The Morgan fingerprint density at radius 1 is 1.00 bits per heavy atom. The molecule has 1 N–H and O–H groups in total. The van der Waals surface area contributed by atoms with E-state index in [0.29, 0.717) is 5.56 Å². The number of hydrogen-bond acceptors (Lipinski definition) is 9. The Balaban J connectivity index is 2.31. The highest BCUT2D eigenvalue weighted by molar-refractivity contribution is 7.88. The molecule has 1 aromatic rings. The molecule has 10 nitrogen and oxygen atoms in total. The molecule has 1 saturated heterocycles. The van der Waals surface area contributed by atoms with Crippen LogP contribution in [-0.2, 0) is 49.1 Å². The van der Waals surface area contributed by atoms with E-state index in [1.54, 1.807) is 30.3 Å². The highest BCUT2D eigenvalue weighted by Crippen LogP contribution is 2.29. The van der Waals surface area contributed by atoms with Crippen molar-refractivity contribution in [2.24, 2.45) is 0 Å². The fourth-order valence-electron chi connectivity index (χ4n) is 3.06. The summed E-state index contributed by atoms with van der Waals surface area (Å²) in [6.45, 7) is 3.05. The smallest absolute Gasteiger partial charge is 0.303 e. The number of carbonyl (C=O) groups excluding carboxylic acids is 3. The number of alkyl halides is 1. The van der Waals surface area contributed by atoms with Crippen LogP contribution >= 0.6 is 11.6 Å². The van der Waals surface area contributed by atoms with E-state index in [0.717, 1.165) is 13.8 Å². The molecule has 172 valence electrons. The van der Waals surface area contributed by atoms with Gasteiger partial charge in [0.15, 0.2) is 17.8 Å². The lowest BCUT2D eigenvalue weighted by atomic mass is 9.98. The molecule has 12 heteroatoms. The van der Waals surface area contributed by atoms with Crippen molar-refractivity contribution in [3.63, 3.8) is 0 Å². The third-order valence-electron chi connectivity index (χ3n) is 4.20. The summed E-state index contributed by atoms with van der Waals surface area (Å²) in [5.41, 5.74) is -0.798. The van der Waals surface area contributed by atoms with Gasteiger partial charge in [-0.1, -0.05) is 41.9 Å². The van der Waals surface area contributed by atoms with E-state index in [-0.39, 0.29) is 12.4 Å². The fourth-order valence-corrected chi connectivity index (χ4v) is 4.86. The van der Waals surface area contributed by atoms with Crippen LogP contribution in [0.2, 0.25) is 0 Å². The van der Waals surface area contributed by atoms with Gasteiger partial charge in [0, 0.05) is 20.8 Å². The minimum Gasteiger partial charge on any atom is -0.463 e. The van der Waals surface area contributed by atoms with E-state index in [9.17, 15) is 22.8 Å². The molecule has 2 rings (SSSR count). The number of hydrogen-bond donors (Lipinski definition) is 1. The van der Waals surface area contributed by atoms with E-state index in [2.05, 4.69) is 4.72 Å². The van der Waals surface area contributed by atoms with Gasteiger partial charge in [-0.25, -0.2) is 13.1 Å². The van der Waals surface area contributed by atoms with Gasteiger partial charge in [-0.3, -0.25) is 14.4 Å². The Morgan fingerprint density at radius 2 is 1.58 bits per heavy atom. The molecule has 1 fully saturated rings. The first-order valence-corrected chi connectivity index (χ1v) is 11.4. The summed E-state index contributed by atoms with van der Waals surface area (Å²) in [6.07, 6.45) is -3.70. The number of halogens is 1. The molecule has 0 saturated carbocycles. The summed E-state index contributed by atoms with van der Waals surface area (Å²) in [6, 6.07) is 7.12. The molecule has 0 unspecified atom stereocenters. The molecule has 0 aliphatic carbocycles. The Labute approximate surface area is 185 Å². The van der Waals surface area contributed by atoms with Gasteiger partial charge in [0.05, 0.1) is 5.75 Å². The molecule has 1 aliphatic rings. The fraction of sp³-hybridized carbons (Fsp3) is 0.526. The molecule has 0 aromatic heterocycles. The topological polar surface area (TPSA) is 134 Å². The molecule has 1 heterocycles. The Hall–Kier alpha value is -2.21. The normalized spacial score (nSPS) is 26.0. The number of benzene rings is 1. The van der Waals surface area contributed by atoms with Crippen molar-refractivity contribution in [2.75, 3.05) is 6.61 Å². The van der Waals surface area contributed by atoms with E-state index in [1.165, 1.54) is 6.92 Å². The maximum absolute atomic E-state index is 12.7. The van der Waals surface area contributed by atoms with Crippen molar-refractivity contribution >= 4 is 39.5 Å². The summed E-state index contributed by atoms with van der Waals surface area (Å²) in [5, 5.41) is 0. The van der Waals surface area contributed by atoms with Crippen molar-refractivity contribution in [3.05, 3.63) is 35.9 Å². The van der Waals surface area contributed by atoms with Gasteiger partial charge in [-0.05, 0) is 5.56 Å². The van der Waals surface area contributed by atoms with Crippen LogP contribution in [0.25, 0.3) is 0 Å². The van der Waals surface area contributed by atoms with Crippen LogP contribution in [0.1, 0.15) is 26.3 Å². The molecular weight excluding hydrogens is 454 g/mol. The second kappa shape index (κ2) is 10.9. The number of nitrogens with one attached hydrogen (secondary N) is 1. The lowest BCUT2D eigenvalue weighted by Gasteiger charge is -2.43. The van der Waals surface area contributed by atoms with Gasteiger partial charge in [0.2, 0.25) is 10.0 Å². The zero-order chi connectivity index (χ0) is 23.2. The summed E-state index contributed by atoms with van der Waals surface area (Å²) >= 11 is 6.26. The summed E-state index contributed by atoms with van der Waals surface area (Å²) < 4.78 is 48.8. The first-order chi connectivity index (χ1) is 14.5. The van der Waals surface area contributed by atoms with Crippen LogP contribution in [0, 0.1) is 0 Å². The number of rotatable bonds is 8.